The molecule has 0 radical (unpaired) electrons. The highest BCUT2D eigenvalue weighted by atomic mass is 32.2. The Morgan fingerprint density at radius 1 is 1.25 bits per heavy atom. The van der Waals surface area contributed by atoms with Crippen molar-refractivity contribution in [2.75, 3.05) is 19.5 Å². The summed E-state index contributed by atoms with van der Waals surface area (Å²) in [5, 5.41) is 0. The van der Waals surface area contributed by atoms with Crippen molar-refractivity contribution in [3.63, 3.8) is 0 Å². The van der Waals surface area contributed by atoms with E-state index in [1.165, 1.54) is 38.1 Å². The quantitative estimate of drug-likeness (QED) is 0.530. The van der Waals surface area contributed by atoms with E-state index >= 15 is 0 Å². The van der Waals surface area contributed by atoms with Crippen LogP contribution in [0.3, 0.4) is 0 Å². The zero-order valence-corrected chi connectivity index (χ0v) is 8.57. The molecule has 2 aliphatic rings. The van der Waals surface area contributed by atoms with E-state index in [9.17, 15) is 0 Å². The molecule has 0 aromatic carbocycles. The van der Waals surface area contributed by atoms with Crippen molar-refractivity contribution >= 4 is 11.8 Å². The van der Waals surface area contributed by atoms with Crippen LogP contribution in [0.5, 0.6) is 0 Å². The standard InChI is InChI=1S/C8H15NS.C2H2/c1-9-6-8(10-7-9)4-2-3-5-8;1-2/h2-7H2,1H3;1-2H. The van der Waals surface area contributed by atoms with Crippen molar-refractivity contribution in [3.05, 3.63) is 0 Å². The van der Waals surface area contributed by atoms with Crippen LogP contribution in [-0.2, 0) is 0 Å². The van der Waals surface area contributed by atoms with Gasteiger partial charge in [-0.05, 0) is 19.9 Å². The molecule has 68 valence electrons. The van der Waals surface area contributed by atoms with Gasteiger partial charge < -0.3 is 0 Å². The second kappa shape index (κ2) is 4.20. The Morgan fingerprint density at radius 3 is 2.25 bits per heavy atom. The molecule has 1 spiro atoms. The summed E-state index contributed by atoms with van der Waals surface area (Å²) in [7, 11) is 2.24. The first-order valence-corrected chi connectivity index (χ1v) is 5.45. The molecule has 0 N–H and O–H groups in total. The van der Waals surface area contributed by atoms with Gasteiger partial charge in [0, 0.05) is 17.2 Å². The molecule has 2 heteroatoms. The third-order valence-corrected chi connectivity index (χ3v) is 4.38. The maximum Gasteiger partial charge on any atom is 0.0447 e. The van der Waals surface area contributed by atoms with Crippen molar-refractivity contribution in [2.45, 2.75) is 30.4 Å². The monoisotopic (exact) mass is 183 g/mol. The van der Waals surface area contributed by atoms with Crippen molar-refractivity contribution in [1.82, 2.24) is 4.90 Å². The topological polar surface area (TPSA) is 3.24 Å². The van der Waals surface area contributed by atoms with Gasteiger partial charge in [-0.1, -0.05) is 12.8 Å². The Labute approximate surface area is 79.9 Å². The number of terminal acetylenes is 1. The predicted octanol–water partition coefficient (Wildman–Crippen LogP) is 2.18. The second-order valence-corrected chi connectivity index (χ2v) is 5.09. The maximum absolute atomic E-state index is 4.00. The summed E-state index contributed by atoms with van der Waals surface area (Å²) >= 11 is 2.19. The number of hydrogen-bond acceptors (Lipinski definition) is 2. The summed E-state index contributed by atoms with van der Waals surface area (Å²) in [5.74, 6) is 1.26. The van der Waals surface area contributed by atoms with E-state index in [2.05, 4.69) is 36.6 Å². The van der Waals surface area contributed by atoms with Gasteiger partial charge >= 0.3 is 0 Å². The van der Waals surface area contributed by atoms with Crippen LogP contribution in [0.25, 0.3) is 0 Å². The van der Waals surface area contributed by atoms with Gasteiger partial charge in [0.1, 0.15) is 0 Å². The minimum Gasteiger partial charge on any atom is -0.296 e. The molecule has 0 aromatic heterocycles. The molecule has 0 amide bonds. The Morgan fingerprint density at radius 2 is 1.83 bits per heavy atom. The Kier molecular flexibility index (Phi) is 3.49. The summed E-state index contributed by atoms with van der Waals surface area (Å²) in [4.78, 5) is 2.45. The second-order valence-electron chi connectivity index (χ2n) is 3.68. The predicted molar refractivity (Wildman–Crippen MR) is 56.2 cm³/mol. The highest BCUT2D eigenvalue weighted by molar-refractivity contribution is 8.00. The van der Waals surface area contributed by atoms with E-state index in [1.807, 2.05) is 0 Å². The van der Waals surface area contributed by atoms with Crippen molar-refractivity contribution < 1.29 is 0 Å². The van der Waals surface area contributed by atoms with Crippen LogP contribution in [0, 0.1) is 12.8 Å². The van der Waals surface area contributed by atoms with E-state index < -0.39 is 0 Å². The largest absolute Gasteiger partial charge is 0.296 e. The van der Waals surface area contributed by atoms with E-state index in [0.29, 0.717) is 4.75 Å². The molecule has 1 saturated heterocycles. The normalized spacial score (nSPS) is 26.9. The molecule has 1 heterocycles. The number of thioether (sulfide) groups is 1. The van der Waals surface area contributed by atoms with Gasteiger partial charge in [0.25, 0.3) is 0 Å². The first-order valence-electron chi connectivity index (χ1n) is 4.47. The average molecular weight is 183 g/mol. The maximum atomic E-state index is 4.00. The first-order chi connectivity index (χ1) is 5.81. The summed E-state index contributed by atoms with van der Waals surface area (Å²) < 4.78 is 0.703. The molecule has 2 rings (SSSR count). The Hall–Kier alpha value is -0.130. The minimum atomic E-state index is 0.703. The minimum absolute atomic E-state index is 0.703. The summed E-state index contributed by atoms with van der Waals surface area (Å²) in [5.41, 5.74) is 0. The average Bonchev–Trinajstić information content (AvgIpc) is 2.68. The molecule has 1 aliphatic carbocycles. The summed E-state index contributed by atoms with van der Waals surface area (Å²) in [6.45, 7) is 1.34. The molecule has 1 saturated carbocycles. The fourth-order valence-electron chi connectivity index (χ4n) is 2.15. The molecular formula is C10H17NS. The van der Waals surface area contributed by atoms with Crippen LogP contribution >= 0.6 is 11.8 Å². The molecule has 0 aromatic rings. The molecule has 2 fully saturated rings. The van der Waals surface area contributed by atoms with Gasteiger partial charge in [0.2, 0.25) is 0 Å². The van der Waals surface area contributed by atoms with Gasteiger partial charge in [0.15, 0.2) is 0 Å². The third-order valence-electron chi connectivity index (χ3n) is 2.66. The molecule has 1 aliphatic heterocycles. The zero-order valence-electron chi connectivity index (χ0n) is 7.75. The van der Waals surface area contributed by atoms with Crippen LogP contribution in [-0.4, -0.2) is 29.1 Å². The van der Waals surface area contributed by atoms with Gasteiger partial charge in [0.05, 0.1) is 0 Å². The van der Waals surface area contributed by atoms with E-state index in [-0.39, 0.29) is 0 Å². The number of hydrogen-bond donors (Lipinski definition) is 0. The highest BCUT2D eigenvalue weighted by Crippen LogP contribution is 2.45. The number of nitrogens with zero attached hydrogens (tertiary/aromatic N) is 1. The van der Waals surface area contributed by atoms with Gasteiger partial charge in [-0.2, -0.15) is 0 Å². The van der Waals surface area contributed by atoms with Crippen LogP contribution in [0.2, 0.25) is 0 Å². The SMILES string of the molecule is C#C.CN1CSC2(CCCC2)C1. The van der Waals surface area contributed by atoms with E-state index in [1.54, 1.807) is 0 Å². The smallest absolute Gasteiger partial charge is 0.0447 e. The Balaban J connectivity index is 0.000000336. The van der Waals surface area contributed by atoms with Crippen LogP contribution in [0.15, 0.2) is 0 Å². The van der Waals surface area contributed by atoms with Crippen molar-refractivity contribution in [2.24, 2.45) is 0 Å². The van der Waals surface area contributed by atoms with Gasteiger partial charge in [-0.15, -0.1) is 24.6 Å². The summed E-state index contributed by atoms with van der Waals surface area (Å²) in [6, 6.07) is 0. The third kappa shape index (κ3) is 1.97. The zero-order chi connectivity index (χ0) is 9.03. The van der Waals surface area contributed by atoms with Crippen LogP contribution < -0.4 is 0 Å². The lowest BCUT2D eigenvalue weighted by molar-refractivity contribution is 0.371. The first kappa shape index (κ1) is 9.95. The molecule has 12 heavy (non-hydrogen) atoms. The van der Waals surface area contributed by atoms with Crippen LogP contribution in [0.1, 0.15) is 25.7 Å². The lowest BCUT2D eigenvalue weighted by Gasteiger charge is -2.20. The fourth-order valence-corrected chi connectivity index (χ4v) is 3.63. The van der Waals surface area contributed by atoms with E-state index in [0.717, 1.165) is 0 Å². The fraction of sp³-hybridized carbons (Fsp3) is 0.800. The number of rotatable bonds is 0. The molecule has 0 bridgehead atoms. The van der Waals surface area contributed by atoms with E-state index in [4.69, 9.17) is 0 Å². The van der Waals surface area contributed by atoms with Crippen molar-refractivity contribution in [1.29, 1.82) is 0 Å². The molecule has 0 unspecified atom stereocenters. The van der Waals surface area contributed by atoms with Gasteiger partial charge in [-0.25, -0.2) is 0 Å². The molecule has 0 atom stereocenters. The molecule has 1 nitrogen and oxygen atoms in total. The summed E-state index contributed by atoms with van der Waals surface area (Å²) in [6.07, 6.45) is 13.9. The van der Waals surface area contributed by atoms with Gasteiger partial charge in [-0.3, -0.25) is 4.90 Å². The van der Waals surface area contributed by atoms with Crippen molar-refractivity contribution in [3.8, 4) is 12.8 Å². The lowest BCUT2D eigenvalue weighted by atomic mass is 10.1. The highest BCUT2D eigenvalue weighted by Gasteiger charge is 2.39. The van der Waals surface area contributed by atoms with Crippen LogP contribution in [0.4, 0.5) is 0 Å². The molecular weight excluding hydrogens is 166 g/mol. The lowest BCUT2D eigenvalue weighted by Crippen LogP contribution is -2.26. The Bertz CT molecular complexity index is 158.